The average Bonchev–Trinajstić information content (AvgIpc) is 3.10. The molecule has 0 aliphatic carbocycles. The number of aliphatic imine (C=N–C) groups is 1. The summed E-state index contributed by atoms with van der Waals surface area (Å²) in [7, 11) is 1.75. The molecule has 1 unspecified atom stereocenters. The van der Waals surface area contributed by atoms with Gasteiger partial charge in [-0.15, -0.1) is 35.3 Å². The van der Waals surface area contributed by atoms with Gasteiger partial charge in [0.1, 0.15) is 11.9 Å². The Morgan fingerprint density at radius 3 is 2.69 bits per heavy atom. The van der Waals surface area contributed by atoms with Gasteiger partial charge in [-0.3, -0.25) is 4.99 Å². The summed E-state index contributed by atoms with van der Waals surface area (Å²) in [4.78, 5) is 8.80. The van der Waals surface area contributed by atoms with Crippen LogP contribution < -0.4 is 15.4 Å². The number of aromatic nitrogens is 1. The molecule has 0 fully saturated rings. The largest absolute Gasteiger partial charge is 0.487 e. The number of para-hydroxylation sites is 1. The normalized spacial score (nSPS) is 12.2. The Balaban J connectivity index is 0.00000338. The van der Waals surface area contributed by atoms with E-state index >= 15 is 0 Å². The van der Waals surface area contributed by atoms with Gasteiger partial charge in [0, 0.05) is 12.4 Å². The lowest BCUT2D eigenvalue weighted by atomic mass is 10.2. The smallest absolute Gasteiger partial charge is 0.191 e. The van der Waals surface area contributed by atoms with E-state index in [1.165, 1.54) is 0 Å². The molecular formula is C18H26ClIN4OS. The summed E-state index contributed by atoms with van der Waals surface area (Å²) >= 11 is 7.85. The minimum absolute atomic E-state index is 0. The van der Waals surface area contributed by atoms with Crippen LogP contribution in [-0.4, -0.2) is 30.6 Å². The van der Waals surface area contributed by atoms with Gasteiger partial charge < -0.3 is 15.4 Å². The SMILES string of the molecule is CCc1nc(CNC(=NC)NCC(CC)Oc2ccccc2Cl)cs1.I. The summed E-state index contributed by atoms with van der Waals surface area (Å²) in [6.45, 7) is 5.48. The Kier molecular flexibility index (Phi) is 10.9. The lowest BCUT2D eigenvalue weighted by Crippen LogP contribution is -2.42. The summed E-state index contributed by atoms with van der Waals surface area (Å²) in [6, 6.07) is 7.52. The number of hydrogen-bond acceptors (Lipinski definition) is 4. The molecule has 8 heteroatoms. The van der Waals surface area contributed by atoms with E-state index in [0.29, 0.717) is 23.9 Å². The van der Waals surface area contributed by atoms with Gasteiger partial charge in [0.15, 0.2) is 5.96 Å². The zero-order chi connectivity index (χ0) is 18.1. The van der Waals surface area contributed by atoms with Gasteiger partial charge in [-0.05, 0) is 25.0 Å². The highest BCUT2D eigenvalue weighted by molar-refractivity contribution is 14.0. The molecular weight excluding hydrogens is 483 g/mol. The molecule has 144 valence electrons. The summed E-state index contributed by atoms with van der Waals surface area (Å²) in [6.07, 6.45) is 1.83. The van der Waals surface area contributed by atoms with Gasteiger partial charge in [-0.1, -0.05) is 37.6 Å². The first-order valence-electron chi connectivity index (χ1n) is 8.45. The van der Waals surface area contributed by atoms with Gasteiger partial charge in [-0.25, -0.2) is 4.98 Å². The molecule has 0 amide bonds. The van der Waals surface area contributed by atoms with Gasteiger partial charge in [-0.2, -0.15) is 0 Å². The third kappa shape index (κ3) is 7.28. The Bertz CT molecular complexity index is 695. The van der Waals surface area contributed by atoms with Crippen LogP contribution in [0.25, 0.3) is 0 Å². The average molecular weight is 509 g/mol. The third-order valence-electron chi connectivity index (χ3n) is 3.65. The molecule has 2 N–H and O–H groups in total. The van der Waals surface area contributed by atoms with E-state index in [0.717, 1.165) is 29.5 Å². The van der Waals surface area contributed by atoms with Gasteiger partial charge in [0.2, 0.25) is 0 Å². The lowest BCUT2D eigenvalue weighted by Gasteiger charge is -2.20. The number of benzene rings is 1. The van der Waals surface area contributed by atoms with Crippen molar-refractivity contribution in [3.63, 3.8) is 0 Å². The fourth-order valence-electron chi connectivity index (χ4n) is 2.19. The predicted molar refractivity (Wildman–Crippen MR) is 121 cm³/mol. The first kappa shape index (κ1) is 23.0. The maximum Gasteiger partial charge on any atom is 0.191 e. The minimum atomic E-state index is 0. The van der Waals surface area contributed by atoms with E-state index < -0.39 is 0 Å². The standard InChI is InChI=1S/C18H25ClN4OS.HI/c1-4-14(24-16-9-7-6-8-15(16)19)11-22-18(20-3)21-10-13-12-25-17(5-2)23-13;/h6-9,12,14H,4-5,10-11H2,1-3H3,(H2,20,21,22);1H. The number of nitrogens with zero attached hydrogens (tertiary/aromatic N) is 2. The number of ether oxygens (including phenoxy) is 1. The highest BCUT2D eigenvalue weighted by Gasteiger charge is 2.11. The van der Waals surface area contributed by atoms with E-state index in [9.17, 15) is 0 Å². The van der Waals surface area contributed by atoms with Crippen molar-refractivity contribution in [3.8, 4) is 5.75 Å². The number of guanidine groups is 1. The highest BCUT2D eigenvalue weighted by atomic mass is 127. The number of thiazole rings is 1. The number of aryl methyl sites for hydroxylation is 1. The zero-order valence-corrected chi connectivity index (χ0v) is 19.2. The second kappa shape index (κ2) is 12.3. The number of halogens is 2. The Morgan fingerprint density at radius 1 is 1.31 bits per heavy atom. The zero-order valence-electron chi connectivity index (χ0n) is 15.3. The molecule has 26 heavy (non-hydrogen) atoms. The van der Waals surface area contributed by atoms with Crippen molar-refractivity contribution in [2.24, 2.45) is 4.99 Å². The Hall–Kier alpha value is -1.06. The number of rotatable bonds is 8. The van der Waals surface area contributed by atoms with Crippen molar-refractivity contribution in [1.29, 1.82) is 0 Å². The minimum Gasteiger partial charge on any atom is -0.487 e. The van der Waals surface area contributed by atoms with Crippen molar-refractivity contribution in [2.75, 3.05) is 13.6 Å². The molecule has 0 aliphatic rings. The number of nitrogens with one attached hydrogen (secondary N) is 2. The van der Waals surface area contributed by atoms with Crippen LogP contribution in [0.5, 0.6) is 5.75 Å². The summed E-state index contributed by atoms with van der Waals surface area (Å²) in [5.74, 6) is 1.43. The number of hydrogen-bond donors (Lipinski definition) is 2. The van der Waals surface area contributed by atoms with Crippen molar-refractivity contribution >= 4 is 52.9 Å². The summed E-state index contributed by atoms with van der Waals surface area (Å²) < 4.78 is 5.98. The van der Waals surface area contributed by atoms with Crippen LogP contribution in [0.4, 0.5) is 0 Å². The van der Waals surface area contributed by atoms with Crippen LogP contribution in [0, 0.1) is 0 Å². The van der Waals surface area contributed by atoms with E-state index in [-0.39, 0.29) is 30.1 Å². The summed E-state index contributed by atoms with van der Waals surface area (Å²) in [5, 5.41) is 10.4. The van der Waals surface area contributed by atoms with Crippen LogP contribution in [0.3, 0.4) is 0 Å². The van der Waals surface area contributed by atoms with Gasteiger partial charge in [0.05, 0.1) is 28.8 Å². The van der Waals surface area contributed by atoms with Crippen LogP contribution in [0.15, 0.2) is 34.6 Å². The topological polar surface area (TPSA) is 58.5 Å². The fraction of sp³-hybridized carbons (Fsp3) is 0.444. The molecule has 0 saturated carbocycles. The van der Waals surface area contributed by atoms with Crippen molar-refractivity contribution in [3.05, 3.63) is 45.4 Å². The molecule has 0 saturated heterocycles. The molecule has 1 aromatic carbocycles. The summed E-state index contributed by atoms with van der Waals surface area (Å²) in [5.41, 5.74) is 1.03. The van der Waals surface area contributed by atoms with Crippen LogP contribution in [-0.2, 0) is 13.0 Å². The van der Waals surface area contributed by atoms with E-state index in [2.05, 4.69) is 39.8 Å². The highest BCUT2D eigenvalue weighted by Crippen LogP contribution is 2.24. The first-order chi connectivity index (χ1) is 12.2. The molecule has 1 aromatic heterocycles. The second-order valence-corrected chi connectivity index (χ2v) is 6.82. The van der Waals surface area contributed by atoms with E-state index in [1.54, 1.807) is 18.4 Å². The van der Waals surface area contributed by atoms with Crippen LogP contribution >= 0.6 is 46.9 Å². The molecule has 5 nitrogen and oxygen atoms in total. The van der Waals surface area contributed by atoms with Gasteiger partial charge >= 0.3 is 0 Å². The van der Waals surface area contributed by atoms with E-state index in [1.807, 2.05) is 24.3 Å². The molecule has 1 heterocycles. The maximum absolute atomic E-state index is 6.16. The predicted octanol–water partition coefficient (Wildman–Crippen LogP) is 4.50. The second-order valence-electron chi connectivity index (χ2n) is 5.47. The molecule has 0 bridgehead atoms. The van der Waals surface area contributed by atoms with Crippen molar-refractivity contribution in [2.45, 2.75) is 39.3 Å². The Labute approximate surface area is 181 Å². The molecule has 1 atom stereocenters. The van der Waals surface area contributed by atoms with E-state index in [4.69, 9.17) is 16.3 Å². The molecule has 2 rings (SSSR count). The lowest BCUT2D eigenvalue weighted by molar-refractivity contribution is 0.199. The Morgan fingerprint density at radius 2 is 2.08 bits per heavy atom. The maximum atomic E-state index is 6.16. The molecule has 2 aromatic rings. The molecule has 0 aliphatic heterocycles. The third-order valence-corrected chi connectivity index (χ3v) is 5.00. The quantitative estimate of drug-likeness (QED) is 0.313. The molecule has 0 spiro atoms. The fourth-order valence-corrected chi connectivity index (χ4v) is 3.11. The van der Waals surface area contributed by atoms with Crippen molar-refractivity contribution in [1.82, 2.24) is 15.6 Å². The van der Waals surface area contributed by atoms with Crippen LogP contribution in [0.1, 0.15) is 31.0 Å². The first-order valence-corrected chi connectivity index (χ1v) is 9.71. The van der Waals surface area contributed by atoms with Crippen molar-refractivity contribution < 1.29 is 4.74 Å². The molecule has 0 radical (unpaired) electrons. The van der Waals surface area contributed by atoms with Gasteiger partial charge in [0.25, 0.3) is 0 Å². The monoisotopic (exact) mass is 508 g/mol. The van der Waals surface area contributed by atoms with Crippen LogP contribution in [0.2, 0.25) is 5.02 Å².